The Hall–Kier alpha value is -1.10. The van der Waals surface area contributed by atoms with E-state index >= 15 is 0 Å². The summed E-state index contributed by atoms with van der Waals surface area (Å²) in [4.78, 5) is 0. The predicted octanol–water partition coefficient (Wildman–Crippen LogP) is 0.634. The molecule has 3 heteroatoms. The van der Waals surface area contributed by atoms with E-state index in [1.54, 1.807) is 5.56 Å². The second kappa shape index (κ2) is 8.51. The van der Waals surface area contributed by atoms with Crippen molar-refractivity contribution in [2.45, 2.75) is 45.6 Å². The summed E-state index contributed by atoms with van der Waals surface area (Å²) in [7, 11) is 0. The van der Waals surface area contributed by atoms with Crippen molar-refractivity contribution in [1.29, 1.82) is 0 Å². The third-order valence-electron chi connectivity index (χ3n) is 4.20. The zero-order valence-corrected chi connectivity index (χ0v) is 15.4. The van der Waals surface area contributed by atoms with E-state index in [0.29, 0.717) is 6.61 Å². The number of hydrogen-bond acceptors (Lipinski definition) is 1. The van der Waals surface area contributed by atoms with Crippen LogP contribution in [0.15, 0.2) is 42.7 Å². The van der Waals surface area contributed by atoms with E-state index in [9.17, 15) is 0 Å². The number of ether oxygens (including phenoxy) is 1. The summed E-state index contributed by atoms with van der Waals surface area (Å²) in [5.41, 5.74) is 4.32. The lowest BCUT2D eigenvalue weighted by Crippen LogP contribution is -3.00. The number of nitrogens with zero attached hydrogens (tertiary/aromatic N) is 1. The molecule has 0 N–H and O–H groups in total. The van der Waals surface area contributed by atoms with E-state index in [1.165, 1.54) is 43.2 Å². The lowest BCUT2D eigenvalue weighted by molar-refractivity contribution is -0.698. The molecule has 0 unspecified atom stereocenters. The largest absolute Gasteiger partial charge is 1.00 e. The third kappa shape index (κ3) is 4.70. The van der Waals surface area contributed by atoms with Crippen molar-refractivity contribution >= 4 is 0 Å². The number of benzene rings is 1. The van der Waals surface area contributed by atoms with Crippen LogP contribution < -0.4 is 33.3 Å². The Morgan fingerprint density at radius 1 is 1.05 bits per heavy atom. The average molecular weight is 409 g/mol. The molecule has 3 rings (SSSR count). The molecular formula is C19H24INO. The number of aromatic nitrogens is 1. The lowest BCUT2D eigenvalue weighted by atomic mass is 10.1. The topological polar surface area (TPSA) is 13.1 Å². The van der Waals surface area contributed by atoms with E-state index < -0.39 is 0 Å². The Labute approximate surface area is 150 Å². The van der Waals surface area contributed by atoms with E-state index in [4.69, 9.17) is 4.74 Å². The first-order valence-corrected chi connectivity index (χ1v) is 8.01. The number of fused-ring (bicyclic) bond motifs is 1. The zero-order valence-electron chi connectivity index (χ0n) is 13.2. The summed E-state index contributed by atoms with van der Waals surface area (Å²) in [5, 5.41) is 0. The number of halogens is 1. The number of rotatable bonds is 4. The summed E-state index contributed by atoms with van der Waals surface area (Å²) in [5.74, 6) is 0.963. The minimum atomic E-state index is 0. The molecule has 1 aliphatic rings. The number of hydrogen-bond donors (Lipinski definition) is 0. The first kappa shape index (κ1) is 17.3. The van der Waals surface area contributed by atoms with E-state index in [-0.39, 0.29) is 24.0 Å². The van der Waals surface area contributed by atoms with Gasteiger partial charge in [-0.15, -0.1) is 0 Å². The van der Waals surface area contributed by atoms with Gasteiger partial charge in [0.15, 0.2) is 18.9 Å². The van der Waals surface area contributed by atoms with Crippen molar-refractivity contribution in [2.24, 2.45) is 0 Å². The first-order valence-electron chi connectivity index (χ1n) is 8.01. The molecule has 1 aromatic carbocycles. The fourth-order valence-electron chi connectivity index (χ4n) is 3.01. The average Bonchev–Trinajstić information content (AvgIpc) is 2.72. The fourth-order valence-corrected chi connectivity index (χ4v) is 3.01. The Balaban J connectivity index is 0.00000176. The summed E-state index contributed by atoms with van der Waals surface area (Å²) in [6.45, 7) is 3.71. The van der Waals surface area contributed by atoms with E-state index in [0.717, 1.165) is 12.3 Å². The van der Waals surface area contributed by atoms with Crippen LogP contribution in [0.3, 0.4) is 0 Å². The number of aryl methyl sites for hydroxylation is 3. The molecule has 0 fully saturated rings. The molecule has 2 nitrogen and oxygen atoms in total. The van der Waals surface area contributed by atoms with E-state index in [2.05, 4.69) is 42.1 Å². The fraction of sp³-hybridized carbons (Fsp3) is 0.421. The molecule has 0 atom stereocenters. The van der Waals surface area contributed by atoms with Crippen LogP contribution >= 0.6 is 0 Å². The quantitative estimate of drug-likeness (QED) is 0.411. The van der Waals surface area contributed by atoms with Gasteiger partial charge in [0.2, 0.25) is 0 Å². The van der Waals surface area contributed by atoms with Crippen molar-refractivity contribution < 1.29 is 33.3 Å². The standard InChI is InChI=1S/C19H24NO.HI/c1-16-6-5-9-19(14-16)21-13-12-20-11-10-17-7-3-2-4-8-18(17)15-20;/h5-6,9-11,14-15H,2-4,7-8,12-13H2,1H3;1H/q+1;/p-1. The summed E-state index contributed by atoms with van der Waals surface area (Å²) in [6, 6.07) is 10.5. The molecule has 0 saturated heterocycles. The van der Waals surface area contributed by atoms with Crippen LogP contribution in [0.2, 0.25) is 0 Å². The van der Waals surface area contributed by atoms with Gasteiger partial charge in [-0.2, -0.15) is 0 Å². The molecule has 0 bridgehead atoms. The molecule has 1 aromatic heterocycles. The predicted molar refractivity (Wildman–Crippen MR) is 84.6 cm³/mol. The lowest BCUT2D eigenvalue weighted by Gasteiger charge is -2.07. The summed E-state index contributed by atoms with van der Waals surface area (Å²) < 4.78 is 8.10. The highest BCUT2D eigenvalue weighted by Gasteiger charge is 2.12. The van der Waals surface area contributed by atoms with Gasteiger partial charge in [-0.25, -0.2) is 4.57 Å². The molecule has 0 saturated carbocycles. The Morgan fingerprint density at radius 3 is 2.68 bits per heavy atom. The molecule has 2 aromatic rings. The maximum absolute atomic E-state index is 5.84. The molecule has 0 amide bonds. The normalized spacial score (nSPS) is 13.7. The minimum absolute atomic E-state index is 0. The Bertz CT molecular complexity index is 612. The van der Waals surface area contributed by atoms with Crippen LogP contribution in [0.4, 0.5) is 0 Å². The molecule has 0 aliphatic heterocycles. The third-order valence-corrected chi connectivity index (χ3v) is 4.20. The van der Waals surface area contributed by atoms with Crippen molar-refractivity contribution in [3.63, 3.8) is 0 Å². The van der Waals surface area contributed by atoms with Crippen molar-refractivity contribution in [3.8, 4) is 5.75 Å². The van der Waals surface area contributed by atoms with Gasteiger partial charge in [0, 0.05) is 11.6 Å². The minimum Gasteiger partial charge on any atom is -1.00 e. The van der Waals surface area contributed by atoms with Gasteiger partial charge in [-0.3, -0.25) is 0 Å². The highest BCUT2D eigenvalue weighted by Crippen LogP contribution is 2.18. The van der Waals surface area contributed by atoms with Crippen molar-refractivity contribution in [2.75, 3.05) is 6.61 Å². The van der Waals surface area contributed by atoms with Gasteiger partial charge < -0.3 is 28.7 Å². The highest BCUT2D eigenvalue weighted by atomic mass is 127. The maximum atomic E-state index is 5.84. The zero-order chi connectivity index (χ0) is 14.5. The first-order chi connectivity index (χ1) is 10.3. The molecular weight excluding hydrogens is 385 g/mol. The van der Waals surface area contributed by atoms with Gasteiger partial charge >= 0.3 is 0 Å². The molecule has 22 heavy (non-hydrogen) atoms. The second-order valence-electron chi connectivity index (χ2n) is 5.96. The summed E-state index contributed by atoms with van der Waals surface area (Å²) in [6.07, 6.45) is 11.0. The van der Waals surface area contributed by atoms with Gasteiger partial charge in [-0.1, -0.05) is 18.6 Å². The van der Waals surface area contributed by atoms with Crippen molar-refractivity contribution in [3.05, 3.63) is 59.4 Å². The van der Waals surface area contributed by atoms with E-state index in [1.807, 2.05) is 12.1 Å². The molecule has 118 valence electrons. The highest BCUT2D eigenvalue weighted by molar-refractivity contribution is 5.27. The van der Waals surface area contributed by atoms with Crippen molar-refractivity contribution in [1.82, 2.24) is 0 Å². The molecule has 0 spiro atoms. The van der Waals surface area contributed by atoms with Crippen LogP contribution in [0, 0.1) is 6.92 Å². The maximum Gasteiger partial charge on any atom is 0.182 e. The van der Waals surface area contributed by atoms with Gasteiger partial charge in [0.05, 0.1) is 0 Å². The van der Waals surface area contributed by atoms with Crippen LogP contribution in [-0.4, -0.2) is 6.61 Å². The van der Waals surface area contributed by atoms with Gasteiger partial charge in [0.1, 0.15) is 12.4 Å². The van der Waals surface area contributed by atoms with Gasteiger partial charge in [-0.05, 0) is 55.9 Å². The van der Waals surface area contributed by atoms with Crippen LogP contribution in [0.25, 0.3) is 0 Å². The second-order valence-corrected chi connectivity index (χ2v) is 5.96. The Morgan fingerprint density at radius 2 is 1.86 bits per heavy atom. The monoisotopic (exact) mass is 409 g/mol. The SMILES string of the molecule is Cc1cccc(OCC[n+]2ccc3c(c2)CCCCC3)c1.[I-]. The van der Waals surface area contributed by atoms with Crippen LogP contribution in [0.5, 0.6) is 5.75 Å². The van der Waals surface area contributed by atoms with Crippen LogP contribution in [0.1, 0.15) is 36.0 Å². The Kier molecular flexibility index (Phi) is 6.68. The molecule has 1 aliphatic carbocycles. The smallest absolute Gasteiger partial charge is 0.182 e. The number of pyridine rings is 1. The van der Waals surface area contributed by atoms with Gasteiger partial charge in [0.25, 0.3) is 0 Å². The molecule has 1 heterocycles. The van der Waals surface area contributed by atoms with Crippen LogP contribution in [-0.2, 0) is 19.4 Å². The molecule has 0 radical (unpaired) electrons. The summed E-state index contributed by atoms with van der Waals surface area (Å²) >= 11 is 0.